The Bertz CT molecular complexity index is 774. The lowest BCUT2D eigenvalue weighted by atomic mass is 10.1. The normalized spacial score (nSPS) is 21.4. The minimum absolute atomic E-state index is 0.0332. The molecule has 2 aromatic heterocycles. The average Bonchev–Trinajstić information content (AvgIpc) is 2.85. The summed E-state index contributed by atoms with van der Waals surface area (Å²) in [5.41, 5.74) is 1.13. The first-order valence-electron chi connectivity index (χ1n) is 10.0. The Morgan fingerprint density at radius 3 is 2.93 bits per heavy atom. The molecule has 4 heterocycles. The quantitative estimate of drug-likeness (QED) is 0.822. The van der Waals surface area contributed by atoms with Gasteiger partial charge in [0, 0.05) is 44.9 Å². The molecule has 2 aliphatic heterocycles. The molecule has 27 heavy (non-hydrogen) atoms. The minimum atomic E-state index is 0.0332. The smallest absolute Gasteiger partial charge is 0.239 e. The molecular weight excluding hydrogens is 340 g/mol. The van der Waals surface area contributed by atoms with Crippen LogP contribution in [0.3, 0.4) is 0 Å². The molecule has 1 amide bonds. The molecule has 0 radical (unpaired) electrons. The number of pyridine rings is 1. The van der Waals surface area contributed by atoms with Crippen molar-refractivity contribution in [2.24, 2.45) is 0 Å². The first-order valence-corrected chi connectivity index (χ1v) is 10.0. The van der Waals surface area contributed by atoms with Gasteiger partial charge in [0.1, 0.15) is 11.6 Å². The summed E-state index contributed by atoms with van der Waals surface area (Å²) in [5, 5.41) is 8.79. The van der Waals surface area contributed by atoms with Gasteiger partial charge in [-0.15, -0.1) is 10.2 Å². The lowest BCUT2D eigenvalue weighted by Gasteiger charge is -2.30. The van der Waals surface area contributed by atoms with Crippen LogP contribution in [0.5, 0.6) is 0 Å². The zero-order valence-corrected chi connectivity index (χ0v) is 16.0. The van der Waals surface area contributed by atoms with Crippen LogP contribution in [-0.4, -0.2) is 68.2 Å². The maximum absolute atomic E-state index is 13.1. The molecule has 0 aromatic carbocycles. The molecule has 7 nitrogen and oxygen atoms in total. The highest BCUT2D eigenvalue weighted by molar-refractivity contribution is 5.82. The van der Waals surface area contributed by atoms with E-state index in [1.54, 1.807) is 6.20 Å². The van der Waals surface area contributed by atoms with Crippen LogP contribution in [0.4, 0.5) is 0 Å². The highest BCUT2D eigenvalue weighted by atomic mass is 16.2. The Morgan fingerprint density at radius 2 is 2.07 bits per heavy atom. The number of hydrogen-bond acceptors (Lipinski definition) is 5. The van der Waals surface area contributed by atoms with Crippen molar-refractivity contribution < 1.29 is 4.79 Å². The summed E-state index contributed by atoms with van der Waals surface area (Å²) in [4.78, 5) is 21.6. The Kier molecular flexibility index (Phi) is 5.48. The van der Waals surface area contributed by atoms with Crippen LogP contribution >= 0.6 is 0 Å². The molecule has 2 aromatic rings. The summed E-state index contributed by atoms with van der Waals surface area (Å²) in [5.74, 6) is 2.23. The van der Waals surface area contributed by atoms with E-state index in [-0.39, 0.29) is 11.9 Å². The number of likely N-dealkylation sites (N-methyl/N-ethyl adjacent to an activating group) is 1. The Morgan fingerprint density at radius 1 is 1.15 bits per heavy atom. The van der Waals surface area contributed by atoms with Gasteiger partial charge >= 0.3 is 0 Å². The van der Waals surface area contributed by atoms with Gasteiger partial charge in [-0.2, -0.15) is 0 Å². The topological polar surface area (TPSA) is 67.2 Å². The lowest BCUT2D eigenvalue weighted by molar-refractivity contribution is -0.136. The molecule has 0 N–H and O–H groups in total. The highest BCUT2D eigenvalue weighted by Gasteiger charge is 2.30. The molecule has 1 atom stereocenters. The van der Waals surface area contributed by atoms with Crippen LogP contribution in [0, 0.1) is 0 Å². The van der Waals surface area contributed by atoms with Gasteiger partial charge in [0.25, 0.3) is 0 Å². The molecule has 2 aliphatic rings. The number of amides is 1. The van der Waals surface area contributed by atoms with Crippen LogP contribution in [0.2, 0.25) is 0 Å². The number of likely N-dealkylation sites (tertiary alicyclic amines) is 1. The summed E-state index contributed by atoms with van der Waals surface area (Å²) in [6, 6.07) is 4.03. The van der Waals surface area contributed by atoms with Crippen molar-refractivity contribution in [2.45, 2.75) is 51.1 Å². The maximum Gasteiger partial charge on any atom is 0.239 e. The van der Waals surface area contributed by atoms with E-state index in [1.165, 1.54) is 12.8 Å². The zero-order chi connectivity index (χ0) is 18.6. The largest absolute Gasteiger partial charge is 0.339 e. The van der Waals surface area contributed by atoms with Crippen LogP contribution in [-0.2, 0) is 24.2 Å². The minimum Gasteiger partial charge on any atom is -0.339 e. The van der Waals surface area contributed by atoms with E-state index >= 15 is 0 Å². The van der Waals surface area contributed by atoms with Crippen LogP contribution in [0.1, 0.15) is 42.9 Å². The van der Waals surface area contributed by atoms with Crippen LogP contribution < -0.4 is 0 Å². The average molecular weight is 368 g/mol. The number of carbonyl (C=O) groups excluding carboxylic acids is 1. The predicted molar refractivity (Wildman–Crippen MR) is 102 cm³/mol. The number of nitrogens with zero attached hydrogens (tertiary/aromatic N) is 6. The van der Waals surface area contributed by atoms with Crippen molar-refractivity contribution in [3.8, 4) is 0 Å². The Hall–Kier alpha value is -2.28. The number of hydrogen-bond donors (Lipinski definition) is 0. The molecular formula is C20H28N6O. The lowest BCUT2D eigenvalue weighted by Crippen LogP contribution is -2.47. The second-order valence-electron chi connectivity index (χ2n) is 7.64. The first-order chi connectivity index (χ1) is 13.2. The fourth-order valence-electron chi connectivity index (χ4n) is 4.19. The second-order valence-corrected chi connectivity index (χ2v) is 7.64. The highest BCUT2D eigenvalue weighted by Crippen LogP contribution is 2.19. The molecule has 0 unspecified atom stereocenters. The molecule has 0 spiro atoms. The van der Waals surface area contributed by atoms with Gasteiger partial charge in [-0.1, -0.05) is 18.9 Å². The molecule has 0 bridgehead atoms. The van der Waals surface area contributed by atoms with E-state index in [9.17, 15) is 4.79 Å². The monoisotopic (exact) mass is 368 g/mol. The van der Waals surface area contributed by atoms with E-state index in [0.717, 1.165) is 69.1 Å². The molecule has 1 saturated heterocycles. The third-order valence-corrected chi connectivity index (χ3v) is 5.81. The van der Waals surface area contributed by atoms with Crippen molar-refractivity contribution in [3.63, 3.8) is 0 Å². The van der Waals surface area contributed by atoms with Gasteiger partial charge < -0.3 is 9.47 Å². The first kappa shape index (κ1) is 18.1. The summed E-state index contributed by atoms with van der Waals surface area (Å²) < 4.78 is 2.19. The van der Waals surface area contributed by atoms with Crippen molar-refractivity contribution in [2.75, 3.05) is 26.7 Å². The predicted octanol–water partition coefficient (Wildman–Crippen LogP) is 1.52. The fourth-order valence-corrected chi connectivity index (χ4v) is 4.19. The Balaban J connectivity index is 1.45. The molecule has 4 rings (SSSR count). The molecule has 0 aliphatic carbocycles. The van der Waals surface area contributed by atoms with Crippen molar-refractivity contribution >= 4 is 5.91 Å². The van der Waals surface area contributed by atoms with E-state index in [1.807, 2.05) is 17.2 Å². The van der Waals surface area contributed by atoms with Gasteiger partial charge in [0.15, 0.2) is 0 Å². The summed E-state index contributed by atoms with van der Waals surface area (Å²) >= 11 is 0. The van der Waals surface area contributed by atoms with Crippen molar-refractivity contribution in [1.29, 1.82) is 0 Å². The molecule has 7 heteroatoms. The maximum atomic E-state index is 13.1. The number of fused-ring (bicyclic) bond motifs is 1. The third-order valence-electron chi connectivity index (χ3n) is 5.81. The number of carbonyl (C=O) groups is 1. The van der Waals surface area contributed by atoms with E-state index in [2.05, 4.69) is 37.8 Å². The summed E-state index contributed by atoms with van der Waals surface area (Å²) in [7, 11) is 2.09. The van der Waals surface area contributed by atoms with Crippen molar-refractivity contribution in [1.82, 2.24) is 29.5 Å². The van der Waals surface area contributed by atoms with E-state index < -0.39 is 0 Å². The fraction of sp³-hybridized carbons (Fsp3) is 0.600. The van der Waals surface area contributed by atoms with Crippen molar-refractivity contribution in [3.05, 3.63) is 41.7 Å². The van der Waals surface area contributed by atoms with Crippen LogP contribution in [0.25, 0.3) is 0 Å². The van der Waals surface area contributed by atoms with E-state index in [0.29, 0.717) is 0 Å². The van der Waals surface area contributed by atoms with Gasteiger partial charge in [0.05, 0.1) is 6.04 Å². The number of rotatable bonds is 3. The zero-order valence-electron chi connectivity index (χ0n) is 16.0. The second kappa shape index (κ2) is 8.17. The molecule has 144 valence electrons. The standard InChI is InChI=1S/C20H28N6O/c1-24-10-4-2-3-7-17(24)20(27)25-11-8-18-22-23-19(26(18)13-12-25)14-16-6-5-9-21-15-16/h5-6,9,15,17H,2-4,7-8,10-14H2,1H3/t17-/m1/s1. The van der Waals surface area contributed by atoms with Gasteiger partial charge in [-0.05, 0) is 38.1 Å². The van der Waals surface area contributed by atoms with Gasteiger partial charge in [-0.3, -0.25) is 14.7 Å². The molecule has 0 saturated carbocycles. The number of aromatic nitrogens is 4. The van der Waals surface area contributed by atoms with E-state index in [4.69, 9.17) is 0 Å². The summed E-state index contributed by atoms with van der Waals surface area (Å²) in [6.07, 6.45) is 9.69. The third kappa shape index (κ3) is 4.03. The van der Waals surface area contributed by atoms with Gasteiger partial charge in [0.2, 0.25) is 5.91 Å². The summed E-state index contributed by atoms with van der Waals surface area (Å²) in [6.45, 7) is 3.24. The van der Waals surface area contributed by atoms with Crippen LogP contribution in [0.15, 0.2) is 24.5 Å². The Labute approximate surface area is 160 Å². The molecule has 1 fully saturated rings. The van der Waals surface area contributed by atoms with Gasteiger partial charge in [-0.25, -0.2) is 0 Å². The SMILES string of the molecule is CN1CCCCC[C@@H]1C(=O)N1CCc2nnc(Cc3cccnc3)n2CC1.